The Morgan fingerprint density at radius 3 is 2.39 bits per heavy atom. The largest absolute Gasteiger partial charge is 0.367 e. The molecule has 4 N–H and O–H groups in total. The molecule has 57 heavy (non-hydrogen) atoms. The molecule has 13 nitrogen and oxygen atoms in total. The molecule has 4 aliphatic rings. The number of anilines is 1. The molecule has 0 bridgehead atoms. The summed E-state index contributed by atoms with van der Waals surface area (Å²) in [7, 11) is 0. The van der Waals surface area contributed by atoms with Gasteiger partial charge in [-0.1, -0.05) is 68.5 Å². The number of imide groups is 2. The van der Waals surface area contributed by atoms with Gasteiger partial charge in [-0.3, -0.25) is 34.2 Å². The average molecular weight is 769 g/mol. The minimum atomic E-state index is -1.19. The zero-order chi connectivity index (χ0) is 39.8. The number of nitrogens with zero attached hydrogens (tertiary/aromatic N) is 4. The second-order valence-electron chi connectivity index (χ2n) is 15.8. The summed E-state index contributed by atoms with van der Waals surface area (Å²) >= 11 is 0. The van der Waals surface area contributed by atoms with Gasteiger partial charge in [-0.05, 0) is 74.3 Å². The van der Waals surface area contributed by atoms with E-state index in [1.165, 1.54) is 0 Å². The van der Waals surface area contributed by atoms with Gasteiger partial charge in [-0.15, -0.1) is 0 Å². The summed E-state index contributed by atoms with van der Waals surface area (Å²) in [6.07, 6.45) is 11.9. The molecule has 2 saturated heterocycles. The maximum Gasteiger partial charge on any atom is 0.258 e. The molecule has 4 aromatic rings. The number of hydrogen-bond acceptors (Lipinski definition) is 9. The standard InChI is InChI=1S/C44H48N8O5/c1-4-27(5-2)34-24-38(52-37(49-34)21-22-46-52)47-31-17-18-32(23-31)48-40(54)30-15-13-29(14-16-30)28-11-9-26(10-12-28)25-45-36-8-6-7-33-42(56)51(43(57)44(33,36)3)35-19-20-39(53)50-41(35)55/h6-16,21-22,24,27,31-32,35-36,45,47H,4-5,17-20,23,25H2,1-3H3,(H,48,54)(H,50,53,55)/t31-,32-,35?,36?,44?/m0/s1. The number of carbonyl (C=O) groups excluding carboxylic acids is 5. The van der Waals surface area contributed by atoms with Crippen molar-refractivity contribution in [2.45, 2.75) is 102 Å². The Morgan fingerprint density at radius 1 is 0.947 bits per heavy atom. The van der Waals surface area contributed by atoms with Crippen molar-refractivity contribution < 1.29 is 24.0 Å². The Kier molecular flexibility index (Phi) is 10.3. The van der Waals surface area contributed by atoms with Crippen LogP contribution in [0.2, 0.25) is 0 Å². The van der Waals surface area contributed by atoms with Crippen LogP contribution < -0.4 is 21.3 Å². The molecule has 1 saturated carbocycles. The van der Waals surface area contributed by atoms with Crippen LogP contribution >= 0.6 is 0 Å². The zero-order valence-corrected chi connectivity index (χ0v) is 32.5. The number of amides is 5. The number of carbonyl (C=O) groups is 5. The lowest BCUT2D eigenvalue weighted by Crippen LogP contribution is -2.56. The van der Waals surface area contributed by atoms with Crippen LogP contribution in [0.15, 0.2) is 90.7 Å². The van der Waals surface area contributed by atoms with Gasteiger partial charge in [0.2, 0.25) is 17.7 Å². The van der Waals surface area contributed by atoms with E-state index in [1.807, 2.05) is 65.2 Å². The van der Waals surface area contributed by atoms with Crippen molar-refractivity contribution in [1.29, 1.82) is 0 Å². The van der Waals surface area contributed by atoms with Crippen LogP contribution in [0.25, 0.3) is 16.8 Å². The monoisotopic (exact) mass is 768 g/mol. The smallest absolute Gasteiger partial charge is 0.258 e. The third-order valence-electron chi connectivity index (χ3n) is 12.2. The van der Waals surface area contributed by atoms with Crippen LogP contribution in [0.5, 0.6) is 0 Å². The highest BCUT2D eigenvalue weighted by Gasteiger charge is 2.59. The SMILES string of the molecule is CCC(CC)c1cc(N[C@H]2CC[C@H](NC(=O)c3ccc(-c4ccc(CNC5C=CC=C6C(=O)N(C7CCC(=O)NC7=O)C(=O)C65C)cc4)cc3)C2)n2nccc2n1. The minimum absolute atomic E-state index is 0.0649. The van der Waals surface area contributed by atoms with Gasteiger partial charge in [0.1, 0.15) is 11.9 Å². The van der Waals surface area contributed by atoms with Gasteiger partial charge in [0, 0.05) is 66.0 Å². The predicted octanol–water partition coefficient (Wildman–Crippen LogP) is 5.20. The van der Waals surface area contributed by atoms with Crippen molar-refractivity contribution in [3.8, 4) is 11.1 Å². The Morgan fingerprint density at radius 2 is 1.67 bits per heavy atom. The fourth-order valence-electron chi connectivity index (χ4n) is 8.82. The fraction of sp³-hybridized carbons (Fsp3) is 0.386. The molecule has 13 heteroatoms. The topological polar surface area (TPSA) is 167 Å². The van der Waals surface area contributed by atoms with Gasteiger partial charge in [0.25, 0.3) is 11.8 Å². The van der Waals surface area contributed by atoms with Gasteiger partial charge in [-0.2, -0.15) is 9.61 Å². The number of aromatic nitrogens is 3. The van der Waals surface area contributed by atoms with E-state index in [0.717, 1.165) is 70.9 Å². The lowest BCUT2D eigenvalue weighted by molar-refractivity contribution is -0.152. The summed E-state index contributed by atoms with van der Waals surface area (Å²) in [5.74, 6) is -0.725. The summed E-state index contributed by atoms with van der Waals surface area (Å²) < 4.78 is 1.86. The molecule has 5 amide bonds. The molecule has 2 aliphatic heterocycles. The number of fused-ring (bicyclic) bond motifs is 2. The predicted molar refractivity (Wildman–Crippen MR) is 215 cm³/mol. The second-order valence-corrected chi connectivity index (χ2v) is 15.8. The highest BCUT2D eigenvalue weighted by molar-refractivity contribution is 6.20. The van der Waals surface area contributed by atoms with Crippen molar-refractivity contribution >= 4 is 41.0 Å². The van der Waals surface area contributed by atoms with E-state index in [-0.39, 0.29) is 30.8 Å². The normalized spacial score (nSPS) is 24.6. The molecule has 5 atom stereocenters. The molecule has 0 radical (unpaired) electrons. The first-order chi connectivity index (χ1) is 27.6. The lowest BCUT2D eigenvalue weighted by atomic mass is 9.74. The Hall–Kier alpha value is -5.95. The third kappa shape index (κ3) is 7.16. The van der Waals surface area contributed by atoms with E-state index in [0.29, 0.717) is 23.6 Å². The molecule has 2 aromatic heterocycles. The van der Waals surface area contributed by atoms with Crippen molar-refractivity contribution in [2.24, 2.45) is 5.41 Å². The maximum absolute atomic E-state index is 13.8. The van der Waals surface area contributed by atoms with Gasteiger partial charge in [0.15, 0.2) is 5.65 Å². The van der Waals surface area contributed by atoms with Crippen molar-refractivity contribution in [3.63, 3.8) is 0 Å². The van der Waals surface area contributed by atoms with Crippen LogP contribution in [0.3, 0.4) is 0 Å². The van der Waals surface area contributed by atoms with Gasteiger partial charge < -0.3 is 16.0 Å². The first-order valence-electron chi connectivity index (χ1n) is 20.0. The van der Waals surface area contributed by atoms with Gasteiger partial charge in [0.05, 0.1) is 11.6 Å². The molecule has 0 spiro atoms. The molecular formula is C44H48N8O5. The highest BCUT2D eigenvalue weighted by atomic mass is 16.2. The van der Waals surface area contributed by atoms with E-state index < -0.39 is 41.1 Å². The third-order valence-corrected chi connectivity index (χ3v) is 12.2. The van der Waals surface area contributed by atoms with Gasteiger partial charge in [-0.25, -0.2) is 4.98 Å². The number of benzene rings is 2. The molecule has 2 aromatic carbocycles. The lowest BCUT2D eigenvalue weighted by Gasteiger charge is -2.34. The molecular weight excluding hydrogens is 721 g/mol. The Balaban J connectivity index is 0.851. The number of allylic oxidation sites excluding steroid dienone is 2. The number of nitrogens with one attached hydrogen (secondary N) is 4. The van der Waals surface area contributed by atoms with Crippen LogP contribution in [-0.2, 0) is 25.7 Å². The summed E-state index contributed by atoms with van der Waals surface area (Å²) in [6, 6.07) is 18.5. The van der Waals surface area contributed by atoms with Crippen molar-refractivity contribution in [3.05, 3.63) is 107 Å². The van der Waals surface area contributed by atoms with E-state index in [4.69, 9.17) is 4.98 Å². The van der Waals surface area contributed by atoms with Crippen LogP contribution in [0, 0.1) is 5.41 Å². The van der Waals surface area contributed by atoms with Crippen molar-refractivity contribution in [2.75, 3.05) is 5.32 Å². The van der Waals surface area contributed by atoms with Gasteiger partial charge >= 0.3 is 0 Å². The number of likely N-dealkylation sites (tertiary alicyclic amines) is 1. The summed E-state index contributed by atoms with van der Waals surface area (Å²) in [5.41, 5.74) is 4.62. The van der Waals surface area contributed by atoms with E-state index >= 15 is 0 Å². The van der Waals surface area contributed by atoms with Crippen molar-refractivity contribution in [1.82, 2.24) is 35.4 Å². The first-order valence-corrected chi connectivity index (χ1v) is 20.0. The minimum Gasteiger partial charge on any atom is -0.367 e. The molecule has 3 fully saturated rings. The number of rotatable bonds is 12. The summed E-state index contributed by atoms with van der Waals surface area (Å²) in [5, 5.41) is 17.1. The molecule has 294 valence electrons. The maximum atomic E-state index is 13.8. The molecule has 4 heterocycles. The fourth-order valence-corrected chi connectivity index (χ4v) is 8.82. The molecule has 3 unspecified atom stereocenters. The van der Waals surface area contributed by atoms with Crippen LogP contribution in [0.4, 0.5) is 5.82 Å². The quantitative estimate of drug-likeness (QED) is 0.142. The average Bonchev–Trinajstić information content (AvgIpc) is 3.92. The molecule has 8 rings (SSSR count). The summed E-state index contributed by atoms with van der Waals surface area (Å²) in [4.78, 5) is 70.7. The van der Waals surface area contributed by atoms with Crippen LogP contribution in [-0.4, -0.2) is 73.2 Å². The summed E-state index contributed by atoms with van der Waals surface area (Å²) in [6.45, 7) is 6.55. The van der Waals surface area contributed by atoms with Crippen LogP contribution in [0.1, 0.15) is 93.3 Å². The molecule has 2 aliphatic carbocycles. The highest BCUT2D eigenvalue weighted by Crippen LogP contribution is 2.44. The Labute approximate surface area is 331 Å². The van der Waals surface area contributed by atoms with E-state index in [9.17, 15) is 24.0 Å². The number of hydrogen-bond donors (Lipinski definition) is 4. The van der Waals surface area contributed by atoms with E-state index in [1.54, 1.807) is 25.3 Å². The second kappa shape index (κ2) is 15.5. The number of piperidine rings is 1. The van der Waals surface area contributed by atoms with E-state index in [2.05, 4.69) is 46.3 Å². The zero-order valence-electron chi connectivity index (χ0n) is 32.5. The Bertz CT molecular complexity index is 2290. The first kappa shape index (κ1) is 37.9.